The van der Waals surface area contributed by atoms with Gasteiger partial charge in [-0.1, -0.05) is 12.0 Å². The van der Waals surface area contributed by atoms with Crippen molar-refractivity contribution in [2.24, 2.45) is 5.41 Å². The third-order valence-corrected chi connectivity index (χ3v) is 11.4. The Bertz CT molecular complexity index is 2070. The lowest BCUT2D eigenvalue weighted by Gasteiger charge is -2.40. The molecule has 0 radical (unpaired) electrons. The number of aromatic hydroxyl groups is 1. The van der Waals surface area contributed by atoms with Crippen LogP contribution in [0.3, 0.4) is 0 Å². The molecule has 0 amide bonds. The summed E-state index contributed by atoms with van der Waals surface area (Å²) in [5.41, 5.74) is -0.0614. The fourth-order valence-corrected chi connectivity index (χ4v) is 8.76. The minimum atomic E-state index is -0.754. The standard InChI is InChI=1S/C36H34F2N6O4/c1-2-23-25(37)5-3-18-9-21(45)11-24(28(18)23)31-30(38)32-29-33(44-12-19-4-6-26(39-19)27(44)15-47-34(29)40-31)42-35(41-32)48-17-36(7-8-36)16-43-13-22-10-20(43)14-46-22/h1,3,5,9,11,19-20,22,26-27,39,45H,4,6-8,10,12-17H2/t19-,20-,22-,26+,27-/m1/s1. The third-order valence-electron chi connectivity index (χ3n) is 11.4. The molecule has 5 fully saturated rings. The van der Waals surface area contributed by atoms with Crippen molar-refractivity contribution in [1.82, 2.24) is 25.2 Å². The number of ether oxygens (including phenoxy) is 3. The zero-order valence-corrected chi connectivity index (χ0v) is 26.2. The highest BCUT2D eigenvalue weighted by atomic mass is 19.1. The Morgan fingerprint density at radius 3 is 2.79 bits per heavy atom. The first-order valence-corrected chi connectivity index (χ1v) is 16.8. The number of anilines is 1. The van der Waals surface area contributed by atoms with Gasteiger partial charge in [-0.3, -0.25) is 4.90 Å². The van der Waals surface area contributed by atoms with Crippen molar-refractivity contribution in [1.29, 1.82) is 0 Å². The second kappa shape index (κ2) is 10.3. The largest absolute Gasteiger partial charge is 0.508 e. The Hall–Kier alpha value is -4.31. The quantitative estimate of drug-likeness (QED) is 0.296. The molecule has 12 heteroatoms. The van der Waals surface area contributed by atoms with E-state index in [-0.39, 0.29) is 68.9 Å². The van der Waals surface area contributed by atoms with Crippen LogP contribution < -0.4 is 19.7 Å². The molecule has 5 aliphatic heterocycles. The highest BCUT2D eigenvalue weighted by Crippen LogP contribution is 2.49. The molecule has 4 saturated heterocycles. The summed E-state index contributed by atoms with van der Waals surface area (Å²) in [6, 6.07) is 6.52. The molecule has 2 aromatic heterocycles. The first-order valence-electron chi connectivity index (χ1n) is 16.8. The van der Waals surface area contributed by atoms with Crippen LogP contribution >= 0.6 is 0 Å². The molecule has 7 heterocycles. The van der Waals surface area contributed by atoms with Crippen molar-refractivity contribution < 1.29 is 28.1 Å². The van der Waals surface area contributed by atoms with Gasteiger partial charge in [-0.25, -0.2) is 13.8 Å². The number of halogens is 2. The summed E-state index contributed by atoms with van der Waals surface area (Å²) in [5.74, 6) is 1.60. The summed E-state index contributed by atoms with van der Waals surface area (Å²) in [6.45, 7) is 4.09. The monoisotopic (exact) mass is 652 g/mol. The average molecular weight is 653 g/mol. The van der Waals surface area contributed by atoms with Crippen LogP contribution in [0.4, 0.5) is 14.6 Å². The number of nitrogens with zero attached hydrogens (tertiary/aromatic N) is 5. The maximum atomic E-state index is 17.1. The second-order valence-corrected chi connectivity index (χ2v) is 14.4. The van der Waals surface area contributed by atoms with E-state index in [9.17, 15) is 9.50 Å². The lowest BCUT2D eigenvalue weighted by molar-refractivity contribution is 0.0176. The molecule has 4 bridgehead atoms. The first-order chi connectivity index (χ1) is 23.4. The lowest BCUT2D eigenvalue weighted by atomic mass is 9.95. The predicted octanol–water partition coefficient (Wildman–Crippen LogP) is 4.14. The average Bonchev–Trinajstić information content (AvgIpc) is 3.35. The predicted molar refractivity (Wildman–Crippen MR) is 173 cm³/mol. The van der Waals surface area contributed by atoms with E-state index in [0.717, 1.165) is 51.8 Å². The Balaban J connectivity index is 1.11. The molecule has 10 nitrogen and oxygen atoms in total. The van der Waals surface area contributed by atoms with Crippen molar-refractivity contribution in [3.05, 3.63) is 41.5 Å². The van der Waals surface area contributed by atoms with Crippen LogP contribution in [0.5, 0.6) is 17.6 Å². The van der Waals surface area contributed by atoms with Crippen molar-refractivity contribution in [2.45, 2.75) is 62.4 Å². The highest BCUT2D eigenvalue weighted by molar-refractivity contribution is 6.04. The van der Waals surface area contributed by atoms with Crippen molar-refractivity contribution in [3.8, 4) is 41.2 Å². The van der Waals surface area contributed by atoms with Crippen LogP contribution in [0.15, 0.2) is 24.3 Å². The van der Waals surface area contributed by atoms with E-state index in [1.165, 1.54) is 24.3 Å². The van der Waals surface area contributed by atoms with Gasteiger partial charge >= 0.3 is 6.01 Å². The summed E-state index contributed by atoms with van der Waals surface area (Å²) in [6.07, 6.45) is 11.3. The number of piperazine rings is 1. The molecule has 48 heavy (non-hydrogen) atoms. The summed E-state index contributed by atoms with van der Waals surface area (Å²) in [4.78, 5) is 19.1. The van der Waals surface area contributed by atoms with Gasteiger partial charge in [0.25, 0.3) is 0 Å². The first kappa shape index (κ1) is 28.7. The molecule has 1 aliphatic carbocycles. The number of benzene rings is 2. The van der Waals surface area contributed by atoms with E-state index in [1.807, 2.05) is 0 Å². The van der Waals surface area contributed by atoms with Crippen LogP contribution in [0.1, 0.15) is 37.7 Å². The van der Waals surface area contributed by atoms with Gasteiger partial charge in [-0.2, -0.15) is 9.97 Å². The van der Waals surface area contributed by atoms with Crippen molar-refractivity contribution in [2.75, 3.05) is 44.4 Å². The Labute approximate surface area is 275 Å². The number of hydrogen-bond donors (Lipinski definition) is 2. The lowest BCUT2D eigenvalue weighted by Crippen LogP contribution is -2.60. The van der Waals surface area contributed by atoms with Gasteiger partial charge in [0.15, 0.2) is 5.82 Å². The van der Waals surface area contributed by atoms with Crippen LogP contribution in [0, 0.1) is 29.4 Å². The minimum absolute atomic E-state index is 0.00000358. The van der Waals surface area contributed by atoms with Crippen molar-refractivity contribution in [3.63, 3.8) is 0 Å². The van der Waals surface area contributed by atoms with E-state index in [1.54, 1.807) is 0 Å². The Morgan fingerprint density at radius 1 is 1.10 bits per heavy atom. The number of phenolic OH excluding ortho intramolecular Hbond substituents is 1. The van der Waals surface area contributed by atoms with Crippen molar-refractivity contribution >= 4 is 27.5 Å². The third kappa shape index (κ3) is 4.37. The molecule has 0 unspecified atom stereocenters. The number of terminal acetylenes is 1. The van der Waals surface area contributed by atoms with Crippen LogP contribution in [-0.2, 0) is 4.74 Å². The summed E-state index contributed by atoms with van der Waals surface area (Å²) >= 11 is 0. The molecular formula is C36H34F2N6O4. The van der Waals surface area contributed by atoms with Gasteiger partial charge in [-0.05, 0) is 55.7 Å². The smallest absolute Gasteiger partial charge is 0.319 e. The minimum Gasteiger partial charge on any atom is -0.508 e. The van der Waals surface area contributed by atoms with Gasteiger partial charge in [0.2, 0.25) is 5.88 Å². The SMILES string of the molecule is C#Cc1c(F)ccc2cc(O)cc(-c3nc4c5c(nc(OCC6(CN7C[C@H]8C[C@@H]7CO8)CC6)nc5c3F)N3C[C@H]5CC[C@H](N5)[C@H]3CO4)c12. The Kier molecular flexibility index (Phi) is 6.18. The molecule has 5 atom stereocenters. The number of fused-ring (bicyclic) bond motifs is 8. The van der Waals surface area contributed by atoms with E-state index in [4.69, 9.17) is 30.6 Å². The summed E-state index contributed by atoms with van der Waals surface area (Å²) in [5, 5.41) is 15.5. The van der Waals surface area contributed by atoms with E-state index in [0.29, 0.717) is 48.5 Å². The van der Waals surface area contributed by atoms with E-state index >= 15 is 4.39 Å². The van der Waals surface area contributed by atoms with Crippen LogP contribution in [0.2, 0.25) is 0 Å². The van der Waals surface area contributed by atoms with Crippen LogP contribution in [-0.4, -0.2) is 94.7 Å². The molecule has 1 saturated carbocycles. The zero-order chi connectivity index (χ0) is 32.3. The Morgan fingerprint density at radius 2 is 2.00 bits per heavy atom. The number of likely N-dealkylation sites (tertiary alicyclic amines) is 1. The molecule has 2 N–H and O–H groups in total. The van der Waals surface area contributed by atoms with Gasteiger partial charge in [0.05, 0.1) is 30.9 Å². The van der Waals surface area contributed by atoms with Crippen LogP contribution in [0.25, 0.3) is 32.9 Å². The number of rotatable bonds is 6. The normalized spacial score (nSPS) is 27.9. The highest BCUT2D eigenvalue weighted by Gasteiger charge is 2.50. The fraction of sp³-hybridized carbons (Fsp3) is 0.472. The second-order valence-electron chi connectivity index (χ2n) is 14.4. The summed E-state index contributed by atoms with van der Waals surface area (Å²) in [7, 11) is 0. The number of morpholine rings is 1. The van der Waals surface area contributed by atoms with Gasteiger partial charge in [-0.15, -0.1) is 6.42 Å². The number of hydrogen-bond acceptors (Lipinski definition) is 10. The fourth-order valence-electron chi connectivity index (χ4n) is 8.76. The molecule has 10 rings (SSSR count). The van der Waals surface area contributed by atoms with E-state index in [2.05, 4.69) is 26.0 Å². The van der Waals surface area contributed by atoms with Gasteiger partial charge in [0.1, 0.15) is 40.6 Å². The molecule has 0 spiro atoms. The number of pyridine rings is 1. The zero-order valence-electron chi connectivity index (χ0n) is 26.2. The maximum absolute atomic E-state index is 17.1. The molecular weight excluding hydrogens is 618 g/mol. The molecule has 2 aromatic carbocycles. The maximum Gasteiger partial charge on any atom is 0.319 e. The molecule has 6 aliphatic rings. The van der Waals surface area contributed by atoms with E-state index < -0.39 is 11.6 Å². The molecule has 246 valence electrons. The number of nitrogens with one attached hydrogen (secondary N) is 1. The van der Waals surface area contributed by atoms with Gasteiger partial charge in [0, 0.05) is 54.1 Å². The summed E-state index contributed by atoms with van der Waals surface area (Å²) < 4.78 is 50.6. The van der Waals surface area contributed by atoms with Gasteiger partial charge < -0.3 is 29.5 Å². The molecule has 4 aromatic rings. The topological polar surface area (TPSA) is 105 Å². The number of phenols is 1. The number of aromatic nitrogens is 3.